The molecule has 0 aromatic heterocycles. The van der Waals surface area contributed by atoms with Crippen LogP contribution in [0.5, 0.6) is 11.5 Å². The van der Waals surface area contributed by atoms with Gasteiger partial charge in [-0.15, -0.1) is 0 Å². The second-order valence-electron chi connectivity index (χ2n) is 3.86. The second-order valence-corrected chi connectivity index (χ2v) is 3.86. The van der Waals surface area contributed by atoms with Gasteiger partial charge in [-0.25, -0.2) is 4.39 Å². The van der Waals surface area contributed by atoms with Gasteiger partial charge in [-0.2, -0.15) is 0 Å². The van der Waals surface area contributed by atoms with Crippen LogP contribution in [0.1, 0.15) is 5.56 Å². The molecule has 2 aromatic carbocycles. The lowest BCUT2D eigenvalue weighted by Gasteiger charge is -2.07. The van der Waals surface area contributed by atoms with Gasteiger partial charge in [-0.05, 0) is 17.7 Å². The fourth-order valence-corrected chi connectivity index (χ4v) is 1.58. The van der Waals surface area contributed by atoms with Crippen LogP contribution in [0.3, 0.4) is 0 Å². The number of benzene rings is 2. The van der Waals surface area contributed by atoms with Gasteiger partial charge in [0.2, 0.25) is 0 Å². The van der Waals surface area contributed by atoms with E-state index in [9.17, 15) is 14.5 Å². The normalized spacial score (nSPS) is 10.2. The van der Waals surface area contributed by atoms with Crippen molar-refractivity contribution in [2.45, 2.75) is 6.54 Å². The van der Waals surface area contributed by atoms with Gasteiger partial charge in [0.15, 0.2) is 0 Å². The lowest BCUT2D eigenvalue weighted by atomic mass is 10.2. The van der Waals surface area contributed by atoms with Gasteiger partial charge in [0.1, 0.15) is 17.3 Å². The van der Waals surface area contributed by atoms with Gasteiger partial charge in [0, 0.05) is 12.6 Å². The molecule has 0 fully saturated rings. The second kappa shape index (κ2) is 5.45. The number of nitro benzene ring substituents is 1. The number of nitrogens with zero attached hydrogens (tertiary/aromatic N) is 1. The molecule has 0 spiro atoms. The van der Waals surface area contributed by atoms with E-state index in [1.807, 2.05) is 6.07 Å². The first kappa shape index (κ1) is 13.0. The van der Waals surface area contributed by atoms with Crippen molar-refractivity contribution < 1.29 is 14.1 Å². The first-order valence-electron chi connectivity index (χ1n) is 5.50. The molecule has 6 heteroatoms. The maximum Gasteiger partial charge on any atom is 0.276 e. The minimum absolute atomic E-state index is 0.0703. The Balaban J connectivity index is 2.29. The Hall–Kier alpha value is -2.47. The van der Waals surface area contributed by atoms with Gasteiger partial charge < -0.3 is 10.5 Å². The third-order valence-electron chi connectivity index (χ3n) is 2.44. The fraction of sp³-hybridized carbons (Fsp3) is 0.0769. The molecule has 0 heterocycles. The Morgan fingerprint density at radius 2 is 2.00 bits per heavy atom. The number of rotatable bonds is 4. The minimum Gasteiger partial charge on any atom is -0.457 e. The Morgan fingerprint density at radius 1 is 1.21 bits per heavy atom. The molecule has 0 aliphatic carbocycles. The van der Waals surface area contributed by atoms with E-state index < -0.39 is 10.7 Å². The van der Waals surface area contributed by atoms with Crippen molar-refractivity contribution in [3.05, 3.63) is 64.0 Å². The lowest BCUT2D eigenvalue weighted by molar-refractivity contribution is -0.385. The topological polar surface area (TPSA) is 78.4 Å². The van der Waals surface area contributed by atoms with E-state index in [1.54, 1.807) is 18.2 Å². The van der Waals surface area contributed by atoms with E-state index >= 15 is 0 Å². The van der Waals surface area contributed by atoms with E-state index in [2.05, 4.69) is 0 Å². The van der Waals surface area contributed by atoms with Crippen molar-refractivity contribution in [1.82, 2.24) is 0 Å². The standard InChI is InChI=1S/C13H11FN2O3/c14-10-5-11(16(17)18)7-13(6-10)19-12-3-1-2-9(4-12)8-15/h1-7H,8,15H2. The molecule has 0 aliphatic heterocycles. The molecular weight excluding hydrogens is 251 g/mol. The lowest BCUT2D eigenvalue weighted by Crippen LogP contribution is -1.96. The summed E-state index contributed by atoms with van der Waals surface area (Å²) in [6.45, 7) is 0.348. The summed E-state index contributed by atoms with van der Waals surface area (Å²) >= 11 is 0. The monoisotopic (exact) mass is 262 g/mol. The molecule has 0 atom stereocenters. The predicted molar refractivity (Wildman–Crippen MR) is 67.5 cm³/mol. The van der Waals surface area contributed by atoms with Crippen molar-refractivity contribution >= 4 is 5.69 Å². The Bertz CT molecular complexity index is 617. The number of hydrogen-bond acceptors (Lipinski definition) is 4. The summed E-state index contributed by atoms with van der Waals surface area (Å²) < 4.78 is 18.6. The highest BCUT2D eigenvalue weighted by molar-refractivity contribution is 5.41. The van der Waals surface area contributed by atoms with Crippen LogP contribution >= 0.6 is 0 Å². The zero-order valence-corrected chi connectivity index (χ0v) is 9.88. The third-order valence-corrected chi connectivity index (χ3v) is 2.44. The molecule has 0 amide bonds. The van der Waals surface area contributed by atoms with Crippen molar-refractivity contribution in [1.29, 1.82) is 0 Å². The van der Waals surface area contributed by atoms with Crippen LogP contribution < -0.4 is 10.5 Å². The van der Waals surface area contributed by atoms with Crippen LogP contribution in [0, 0.1) is 15.9 Å². The van der Waals surface area contributed by atoms with Crippen molar-refractivity contribution in [3.8, 4) is 11.5 Å². The maximum atomic E-state index is 13.2. The zero-order chi connectivity index (χ0) is 13.8. The molecule has 0 aliphatic rings. The summed E-state index contributed by atoms with van der Waals surface area (Å²) in [5.74, 6) is -0.206. The van der Waals surface area contributed by atoms with E-state index in [0.29, 0.717) is 12.3 Å². The Labute approximate surface area is 108 Å². The number of nitrogens with two attached hydrogens (primary N) is 1. The minimum atomic E-state index is -0.723. The molecule has 5 nitrogen and oxygen atoms in total. The predicted octanol–water partition coefficient (Wildman–Crippen LogP) is 2.98. The SMILES string of the molecule is NCc1cccc(Oc2cc(F)cc([N+](=O)[O-])c2)c1. The van der Waals surface area contributed by atoms with Crippen molar-refractivity contribution in [3.63, 3.8) is 0 Å². The van der Waals surface area contributed by atoms with Crippen LogP contribution in [-0.2, 0) is 6.54 Å². The number of non-ortho nitro benzene ring substituents is 1. The van der Waals surface area contributed by atoms with Gasteiger partial charge >= 0.3 is 0 Å². The molecule has 0 unspecified atom stereocenters. The zero-order valence-electron chi connectivity index (χ0n) is 9.88. The largest absolute Gasteiger partial charge is 0.457 e. The molecule has 2 aromatic rings. The summed E-state index contributed by atoms with van der Waals surface area (Å²) in [7, 11) is 0. The Morgan fingerprint density at radius 3 is 2.68 bits per heavy atom. The van der Waals surface area contributed by atoms with Gasteiger partial charge in [-0.1, -0.05) is 12.1 Å². The Kier molecular flexibility index (Phi) is 3.72. The number of hydrogen-bond donors (Lipinski definition) is 1. The molecule has 19 heavy (non-hydrogen) atoms. The van der Waals surface area contributed by atoms with Crippen molar-refractivity contribution in [2.75, 3.05) is 0 Å². The molecule has 98 valence electrons. The first-order valence-corrected chi connectivity index (χ1v) is 5.50. The fourth-order valence-electron chi connectivity index (χ4n) is 1.58. The average molecular weight is 262 g/mol. The van der Waals surface area contributed by atoms with Crippen molar-refractivity contribution in [2.24, 2.45) is 5.73 Å². The third kappa shape index (κ3) is 3.26. The first-order chi connectivity index (χ1) is 9.08. The molecule has 2 N–H and O–H groups in total. The van der Waals surface area contributed by atoms with Crippen LogP contribution in [0.4, 0.5) is 10.1 Å². The van der Waals surface area contributed by atoms with E-state index in [1.165, 1.54) is 0 Å². The van der Waals surface area contributed by atoms with Gasteiger partial charge in [0.05, 0.1) is 17.1 Å². The maximum absolute atomic E-state index is 13.2. The smallest absolute Gasteiger partial charge is 0.276 e. The summed E-state index contributed by atoms with van der Waals surface area (Å²) in [6, 6.07) is 10.0. The number of ether oxygens (including phenoxy) is 1. The van der Waals surface area contributed by atoms with E-state index in [0.717, 1.165) is 23.8 Å². The van der Waals surface area contributed by atoms with Crippen LogP contribution in [0.25, 0.3) is 0 Å². The summed E-state index contributed by atoms with van der Waals surface area (Å²) in [6.07, 6.45) is 0. The average Bonchev–Trinajstić information content (AvgIpc) is 2.38. The number of nitro groups is 1. The summed E-state index contributed by atoms with van der Waals surface area (Å²) in [4.78, 5) is 9.95. The molecule has 0 saturated heterocycles. The van der Waals surface area contributed by atoms with Crippen LogP contribution in [-0.4, -0.2) is 4.92 Å². The highest BCUT2D eigenvalue weighted by Gasteiger charge is 2.11. The number of halogens is 1. The molecule has 2 rings (SSSR count). The van der Waals surface area contributed by atoms with Crippen LogP contribution in [0.15, 0.2) is 42.5 Å². The molecule has 0 radical (unpaired) electrons. The highest BCUT2D eigenvalue weighted by atomic mass is 19.1. The summed E-state index contributed by atoms with van der Waals surface area (Å²) in [5.41, 5.74) is 5.99. The highest BCUT2D eigenvalue weighted by Crippen LogP contribution is 2.27. The van der Waals surface area contributed by atoms with Crippen LogP contribution in [0.2, 0.25) is 0 Å². The van der Waals surface area contributed by atoms with Gasteiger partial charge in [-0.3, -0.25) is 10.1 Å². The molecule has 0 saturated carbocycles. The quantitative estimate of drug-likeness (QED) is 0.678. The van der Waals surface area contributed by atoms with Gasteiger partial charge in [0.25, 0.3) is 5.69 Å². The molecule has 0 bridgehead atoms. The van der Waals surface area contributed by atoms with E-state index in [4.69, 9.17) is 10.5 Å². The summed E-state index contributed by atoms with van der Waals surface area (Å²) in [5, 5.41) is 10.6. The molecular formula is C13H11FN2O3. The van der Waals surface area contributed by atoms with E-state index in [-0.39, 0.29) is 11.4 Å².